The van der Waals surface area contributed by atoms with Gasteiger partial charge in [0.1, 0.15) is 5.41 Å². The lowest BCUT2D eigenvalue weighted by atomic mass is 9.92. The molecule has 3 N–H and O–H groups in total. The highest BCUT2D eigenvalue weighted by atomic mass is 16.4. The summed E-state index contributed by atoms with van der Waals surface area (Å²) in [7, 11) is 0. The van der Waals surface area contributed by atoms with E-state index in [1.54, 1.807) is 0 Å². The van der Waals surface area contributed by atoms with Crippen LogP contribution < -0.4 is 10.6 Å². The van der Waals surface area contributed by atoms with Crippen molar-refractivity contribution in [2.24, 2.45) is 5.41 Å². The summed E-state index contributed by atoms with van der Waals surface area (Å²) >= 11 is 0. The quantitative estimate of drug-likeness (QED) is 0.567. The predicted octanol–water partition coefficient (Wildman–Crippen LogP) is -0.508. The Kier molecular flexibility index (Phi) is 3.51. The predicted molar refractivity (Wildman–Crippen MR) is 55.6 cm³/mol. The monoisotopic (exact) mass is 228 g/mol. The molecule has 90 valence electrons. The van der Waals surface area contributed by atoms with E-state index in [0.717, 1.165) is 0 Å². The van der Waals surface area contributed by atoms with Gasteiger partial charge in [0.05, 0.1) is 0 Å². The topological polar surface area (TPSA) is 95.5 Å². The van der Waals surface area contributed by atoms with Gasteiger partial charge in [-0.1, -0.05) is 0 Å². The molecule has 1 aliphatic heterocycles. The lowest BCUT2D eigenvalue weighted by Crippen LogP contribution is -2.52. The van der Waals surface area contributed by atoms with Crippen molar-refractivity contribution in [3.8, 4) is 0 Å². The number of hydrogen-bond donors (Lipinski definition) is 3. The maximum atomic E-state index is 11.7. The van der Waals surface area contributed by atoms with Crippen LogP contribution in [-0.4, -0.2) is 35.5 Å². The molecule has 1 unspecified atom stereocenters. The number of piperidine rings is 1. The van der Waals surface area contributed by atoms with Crippen LogP contribution in [0.15, 0.2) is 0 Å². The minimum absolute atomic E-state index is 0.0389. The number of nitrogens with one attached hydrogen (secondary N) is 2. The third kappa shape index (κ3) is 2.71. The number of carbonyl (C=O) groups is 3. The molecule has 1 aliphatic rings. The van der Waals surface area contributed by atoms with E-state index >= 15 is 0 Å². The number of aliphatic carboxylic acids is 1. The molecule has 1 fully saturated rings. The van der Waals surface area contributed by atoms with Crippen LogP contribution in [0.25, 0.3) is 0 Å². The molecule has 2 amide bonds. The Hall–Kier alpha value is -1.59. The van der Waals surface area contributed by atoms with Crippen molar-refractivity contribution in [1.82, 2.24) is 10.6 Å². The summed E-state index contributed by atoms with van der Waals surface area (Å²) in [5.74, 6) is -1.73. The summed E-state index contributed by atoms with van der Waals surface area (Å²) in [4.78, 5) is 33.4. The van der Waals surface area contributed by atoms with Crippen molar-refractivity contribution in [3.05, 3.63) is 0 Å². The third-order valence-corrected chi connectivity index (χ3v) is 2.70. The summed E-state index contributed by atoms with van der Waals surface area (Å²) in [5.41, 5.74) is -1.44. The van der Waals surface area contributed by atoms with Gasteiger partial charge in [-0.3, -0.25) is 14.4 Å². The van der Waals surface area contributed by atoms with Crippen LogP contribution in [0, 0.1) is 5.41 Å². The normalized spacial score (nSPS) is 21.1. The highest BCUT2D eigenvalue weighted by molar-refractivity contribution is 6.01. The van der Waals surface area contributed by atoms with Crippen molar-refractivity contribution < 1.29 is 19.5 Å². The van der Waals surface area contributed by atoms with Crippen LogP contribution in [-0.2, 0) is 14.4 Å². The third-order valence-electron chi connectivity index (χ3n) is 2.70. The number of amides is 2. The zero-order valence-corrected chi connectivity index (χ0v) is 9.37. The highest BCUT2D eigenvalue weighted by Gasteiger charge is 2.37. The molecule has 1 atom stereocenters. The van der Waals surface area contributed by atoms with Gasteiger partial charge in [-0.25, -0.2) is 0 Å². The zero-order chi connectivity index (χ0) is 12.3. The Morgan fingerprint density at radius 1 is 1.50 bits per heavy atom. The summed E-state index contributed by atoms with van der Waals surface area (Å²) in [6.07, 6.45) is 0.908. The Bertz CT molecular complexity index is 315. The fraction of sp³-hybridized carbons (Fsp3) is 0.700. The molecule has 1 heterocycles. The summed E-state index contributed by atoms with van der Waals surface area (Å²) < 4.78 is 0. The average molecular weight is 228 g/mol. The molecule has 0 aromatic heterocycles. The van der Waals surface area contributed by atoms with E-state index in [0.29, 0.717) is 19.4 Å². The molecule has 0 radical (unpaired) electrons. The first kappa shape index (κ1) is 12.5. The van der Waals surface area contributed by atoms with Crippen LogP contribution in [0.5, 0.6) is 0 Å². The van der Waals surface area contributed by atoms with Crippen LogP contribution in [0.4, 0.5) is 0 Å². The molecule has 1 rings (SSSR count). The van der Waals surface area contributed by atoms with Crippen molar-refractivity contribution in [1.29, 1.82) is 0 Å². The summed E-state index contributed by atoms with van der Waals surface area (Å²) in [6.45, 7) is 3.07. The van der Waals surface area contributed by atoms with Gasteiger partial charge in [0.15, 0.2) is 0 Å². The maximum Gasteiger partial charge on any atom is 0.318 e. The van der Waals surface area contributed by atoms with Gasteiger partial charge in [-0.2, -0.15) is 0 Å². The first-order valence-electron chi connectivity index (χ1n) is 5.15. The van der Waals surface area contributed by atoms with E-state index in [9.17, 15) is 14.4 Å². The summed E-state index contributed by atoms with van der Waals surface area (Å²) in [6, 6.07) is -0.177. The summed E-state index contributed by atoms with van der Waals surface area (Å²) in [5, 5.41) is 14.1. The molecule has 0 saturated carbocycles. The fourth-order valence-electron chi connectivity index (χ4n) is 1.32. The van der Waals surface area contributed by atoms with Crippen LogP contribution in [0.3, 0.4) is 0 Å². The molecule has 0 aliphatic carbocycles. The van der Waals surface area contributed by atoms with Gasteiger partial charge < -0.3 is 15.7 Å². The molecule has 0 bridgehead atoms. The first-order chi connectivity index (χ1) is 7.34. The van der Waals surface area contributed by atoms with Gasteiger partial charge in [-0.05, 0) is 20.3 Å². The number of carboxylic acid groups (broad SMARTS) is 1. The van der Waals surface area contributed by atoms with Gasteiger partial charge in [0.2, 0.25) is 11.8 Å². The van der Waals surface area contributed by atoms with E-state index in [-0.39, 0.29) is 11.9 Å². The second-order valence-electron chi connectivity index (χ2n) is 4.44. The molecular formula is C10H16N2O4. The maximum absolute atomic E-state index is 11.7. The van der Waals surface area contributed by atoms with Crippen LogP contribution in [0.2, 0.25) is 0 Å². The SMILES string of the molecule is CC(C)(C(=O)O)C(=O)NC1CCC(=O)NC1. The Morgan fingerprint density at radius 3 is 2.56 bits per heavy atom. The van der Waals surface area contributed by atoms with E-state index in [1.807, 2.05) is 0 Å². The minimum Gasteiger partial charge on any atom is -0.480 e. The van der Waals surface area contributed by atoms with Crippen molar-refractivity contribution in [2.45, 2.75) is 32.7 Å². The second-order valence-corrected chi connectivity index (χ2v) is 4.44. The van der Waals surface area contributed by atoms with Gasteiger partial charge in [0.25, 0.3) is 0 Å². The van der Waals surface area contributed by atoms with Crippen LogP contribution >= 0.6 is 0 Å². The second kappa shape index (κ2) is 4.51. The molecule has 1 saturated heterocycles. The Balaban J connectivity index is 2.52. The molecular weight excluding hydrogens is 212 g/mol. The minimum atomic E-state index is -1.44. The van der Waals surface area contributed by atoms with Crippen LogP contribution in [0.1, 0.15) is 26.7 Å². The molecule has 6 nitrogen and oxygen atoms in total. The zero-order valence-electron chi connectivity index (χ0n) is 9.37. The Labute approximate surface area is 93.4 Å². The van der Waals surface area contributed by atoms with Crippen molar-refractivity contribution in [2.75, 3.05) is 6.54 Å². The molecule has 0 spiro atoms. The largest absolute Gasteiger partial charge is 0.480 e. The molecule has 6 heteroatoms. The van der Waals surface area contributed by atoms with Gasteiger partial charge >= 0.3 is 5.97 Å². The lowest BCUT2D eigenvalue weighted by molar-refractivity contribution is -0.153. The highest BCUT2D eigenvalue weighted by Crippen LogP contribution is 2.16. The van der Waals surface area contributed by atoms with E-state index in [1.165, 1.54) is 13.8 Å². The number of hydrogen-bond acceptors (Lipinski definition) is 3. The Morgan fingerprint density at radius 2 is 2.12 bits per heavy atom. The number of carbonyl (C=O) groups excluding carboxylic acids is 2. The number of carboxylic acids is 1. The fourth-order valence-corrected chi connectivity index (χ4v) is 1.32. The van der Waals surface area contributed by atoms with Gasteiger partial charge in [-0.15, -0.1) is 0 Å². The molecule has 0 aromatic carbocycles. The lowest BCUT2D eigenvalue weighted by Gasteiger charge is -2.27. The molecule has 16 heavy (non-hydrogen) atoms. The molecule has 0 aromatic rings. The van der Waals surface area contributed by atoms with E-state index in [2.05, 4.69) is 10.6 Å². The first-order valence-corrected chi connectivity index (χ1v) is 5.15. The van der Waals surface area contributed by atoms with Crippen molar-refractivity contribution >= 4 is 17.8 Å². The van der Waals surface area contributed by atoms with E-state index in [4.69, 9.17) is 5.11 Å². The number of rotatable bonds is 3. The standard InChI is InChI=1S/C10H16N2O4/c1-10(2,9(15)16)8(14)12-6-3-4-7(13)11-5-6/h6H,3-5H2,1-2H3,(H,11,13)(H,12,14)(H,15,16). The van der Waals surface area contributed by atoms with Gasteiger partial charge in [0, 0.05) is 19.0 Å². The average Bonchev–Trinajstić information content (AvgIpc) is 2.21. The smallest absolute Gasteiger partial charge is 0.318 e. The van der Waals surface area contributed by atoms with E-state index < -0.39 is 17.3 Å². The van der Waals surface area contributed by atoms with Crippen molar-refractivity contribution in [3.63, 3.8) is 0 Å².